The van der Waals surface area contributed by atoms with E-state index in [1.807, 2.05) is 24.3 Å². The van der Waals surface area contributed by atoms with Crippen molar-refractivity contribution in [3.63, 3.8) is 0 Å². The zero-order valence-electron chi connectivity index (χ0n) is 9.99. The first kappa shape index (κ1) is 12.0. The molecule has 96 valence electrons. The van der Waals surface area contributed by atoms with Crippen molar-refractivity contribution in [2.24, 2.45) is 0 Å². The Kier molecular flexibility index (Phi) is 2.87. The quantitative estimate of drug-likeness (QED) is 0.486. The summed E-state index contributed by atoms with van der Waals surface area (Å²) in [6.45, 7) is 0.930. The first-order valence-electron chi connectivity index (χ1n) is 5.92. The Morgan fingerprint density at radius 2 is 1.74 bits per heavy atom. The normalized spacial score (nSPS) is 17.3. The second-order valence-corrected chi connectivity index (χ2v) is 4.93. The van der Waals surface area contributed by atoms with E-state index in [0.29, 0.717) is 6.04 Å². The average Bonchev–Trinajstić information content (AvgIpc) is 3.20. The van der Waals surface area contributed by atoms with Crippen LogP contribution in [0.25, 0.3) is 0 Å². The molecule has 1 atom stereocenters. The first-order chi connectivity index (χ1) is 9.15. The summed E-state index contributed by atoms with van der Waals surface area (Å²) in [5.41, 5.74) is 2.34. The topological polar surface area (TPSA) is 46.1 Å². The zero-order chi connectivity index (χ0) is 13.4. The second kappa shape index (κ2) is 4.55. The Balaban J connectivity index is 1.75. The molecule has 19 heavy (non-hydrogen) atoms. The van der Waals surface area contributed by atoms with Gasteiger partial charge in [0.15, 0.2) is 0 Å². The van der Waals surface area contributed by atoms with E-state index in [0.717, 1.165) is 17.3 Å². The van der Waals surface area contributed by atoms with Gasteiger partial charge in [0, 0.05) is 29.4 Å². The van der Waals surface area contributed by atoms with Gasteiger partial charge in [-0.2, -0.15) is 0 Å². The third-order valence-electron chi connectivity index (χ3n) is 3.26. The van der Waals surface area contributed by atoms with E-state index in [1.165, 1.54) is 17.7 Å². The van der Waals surface area contributed by atoms with Gasteiger partial charge in [0.05, 0.1) is 11.0 Å². The van der Waals surface area contributed by atoms with Crippen molar-refractivity contribution in [2.75, 3.05) is 11.4 Å². The SMILES string of the molecule is O=[N+]([O-])c1ccc(N2CC2c2ccc(Cl)cc2)cc1. The molecule has 0 radical (unpaired) electrons. The van der Waals surface area contributed by atoms with E-state index in [-0.39, 0.29) is 10.6 Å². The molecule has 0 spiro atoms. The van der Waals surface area contributed by atoms with Gasteiger partial charge in [0.2, 0.25) is 0 Å². The third-order valence-corrected chi connectivity index (χ3v) is 3.51. The van der Waals surface area contributed by atoms with E-state index < -0.39 is 0 Å². The van der Waals surface area contributed by atoms with Crippen LogP contribution in [0, 0.1) is 10.1 Å². The molecule has 4 nitrogen and oxygen atoms in total. The molecule has 0 bridgehead atoms. The van der Waals surface area contributed by atoms with Gasteiger partial charge in [-0.3, -0.25) is 10.1 Å². The van der Waals surface area contributed by atoms with Crippen LogP contribution in [0.1, 0.15) is 11.6 Å². The molecular formula is C14H11ClN2O2. The second-order valence-electron chi connectivity index (χ2n) is 4.49. The number of benzene rings is 2. The van der Waals surface area contributed by atoms with Crippen molar-refractivity contribution in [1.82, 2.24) is 0 Å². The molecule has 0 aromatic heterocycles. The number of halogens is 1. The lowest BCUT2D eigenvalue weighted by molar-refractivity contribution is -0.384. The molecule has 1 aliphatic heterocycles. The molecule has 0 amide bonds. The highest BCUT2D eigenvalue weighted by molar-refractivity contribution is 6.30. The number of non-ortho nitro benzene ring substituents is 1. The summed E-state index contributed by atoms with van der Waals surface area (Å²) in [7, 11) is 0. The number of nitro groups is 1. The Hall–Kier alpha value is -2.07. The van der Waals surface area contributed by atoms with Crippen LogP contribution in [-0.2, 0) is 0 Å². The first-order valence-corrected chi connectivity index (χ1v) is 6.29. The van der Waals surface area contributed by atoms with Crippen LogP contribution in [0.4, 0.5) is 11.4 Å². The maximum Gasteiger partial charge on any atom is 0.269 e. The van der Waals surface area contributed by atoms with Crippen molar-refractivity contribution in [2.45, 2.75) is 6.04 Å². The summed E-state index contributed by atoms with van der Waals surface area (Å²) in [6.07, 6.45) is 0. The molecule has 1 unspecified atom stereocenters. The van der Waals surface area contributed by atoms with Gasteiger partial charge < -0.3 is 4.90 Å². The molecule has 1 heterocycles. The number of nitrogens with zero attached hydrogens (tertiary/aromatic N) is 2. The van der Waals surface area contributed by atoms with Gasteiger partial charge in [-0.15, -0.1) is 0 Å². The Morgan fingerprint density at radius 1 is 1.11 bits per heavy atom. The molecule has 0 N–H and O–H groups in total. The van der Waals surface area contributed by atoms with E-state index in [9.17, 15) is 10.1 Å². The van der Waals surface area contributed by atoms with Gasteiger partial charge in [0.1, 0.15) is 0 Å². The molecular weight excluding hydrogens is 264 g/mol. The van der Waals surface area contributed by atoms with Crippen molar-refractivity contribution in [3.05, 3.63) is 69.2 Å². The lowest BCUT2D eigenvalue weighted by atomic mass is 10.1. The van der Waals surface area contributed by atoms with E-state index in [4.69, 9.17) is 11.6 Å². The maximum absolute atomic E-state index is 10.6. The summed E-state index contributed by atoms with van der Waals surface area (Å²) >= 11 is 5.86. The number of hydrogen-bond donors (Lipinski definition) is 0. The smallest absolute Gasteiger partial charge is 0.269 e. The number of hydrogen-bond acceptors (Lipinski definition) is 3. The minimum atomic E-state index is -0.386. The van der Waals surface area contributed by atoms with Crippen molar-refractivity contribution in [3.8, 4) is 0 Å². The number of rotatable bonds is 3. The fourth-order valence-corrected chi connectivity index (χ4v) is 2.29. The van der Waals surface area contributed by atoms with Crippen LogP contribution in [-0.4, -0.2) is 11.5 Å². The highest BCUT2D eigenvalue weighted by atomic mass is 35.5. The molecule has 0 saturated carbocycles. The Labute approximate surface area is 115 Å². The van der Waals surface area contributed by atoms with E-state index in [1.54, 1.807) is 12.1 Å². The van der Waals surface area contributed by atoms with Crippen LogP contribution in [0.15, 0.2) is 48.5 Å². The van der Waals surface area contributed by atoms with Crippen LogP contribution in [0.3, 0.4) is 0 Å². The molecule has 2 aromatic rings. The monoisotopic (exact) mass is 274 g/mol. The average molecular weight is 275 g/mol. The predicted molar refractivity (Wildman–Crippen MR) is 74.6 cm³/mol. The number of anilines is 1. The van der Waals surface area contributed by atoms with Crippen molar-refractivity contribution < 1.29 is 4.92 Å². The van der Waals surface area contributed by atoms with Gasteiger partial charge in [-0.25, -0.2) is 0 Å². The van der Waals surface area contributed by atoms with Crippen molar-refractivity contribution in [1.29, 1.82) is 0 Å². The van der Waals surface area contributed by atoms with E-state index >= 15 is 0 Å². The van der Waals surface area contributed by atoms with Gasteiger partial charge in [-0.05, 0) is 29.8 Å². The molecule has 2 aromatic carbocycles. The highest BCUT2D eigenvalue weighted by Crippen LogP contribution is 2.40. The van der Waals surface area contributed by atoms with Gasteiger partial charge >= 0.3 is 0 Å². The molecule has 5 heteroatoms. The van der Waals surface area contributed by atoms with Gasteiger partial charge in [-0.1, -0.05) is 23.7 Å². The molecule has 1 saturated heterocycles. The van der Waals surface area contributed by atoms with E-state index in [2.05, 4.69) is 4.90 Å². The summed E-state index contributed by atoms with van der Waals surface area (Å²) in [4.78, 5) is 12.4. The molecule has 0 aliphatic carbocycles. The standard InChI is InChI=1S/C14H11ClN2O2/c15-11-3-1-10(2-4-11)14-9-16(14)12-5-7-13(8-6-12)17(18)19/h1-8,14H,9H2. The maximum atomic E-state index is 10.6. The van der Waals surface area contributed by atoms with Crippen LogP contribution in [0.5, 0.6) is 0 Å². The van der Waals surface area contributed by atoms with Crippen LogP contribution >= 0.6 is 11.6 Å². The largest absolute Gasteiger partial charge is 0.360 e. The Morgan fingerprint density at radius 3 is 2.32 bits per heavy atom. The fraction of sp³-hybridized carbons (Fsp3) is 0.143. The number of nitro benzene ring substituents is 1. The summed E-state index contributed by atoms with van der Waals surface area (Å²) in [5.74, 6) is 0. The Bertz CT molecular complexity index is 610. The molecule has 1 aliphatic rings. The predicted octanol–water partition coefficient (Wildman–Crippen LogP) is 3.81. The molecule has 1 fully saturated rings. The third kappa shape index (κ3) is 2.39. The minimum absolute atomic E-state index is 0.119. The van der Waals surface area contributed by atoms with Crippen LogP contribution in [0.2, 0.25) is 5.02 Å². The minimum Gasteiger partial charge on any atom is -0.360 e. The fourth-order valence-electron chi connectivity index (χ4n) is 2.16. The summed E-state index contributed by atoms with van der Waals surface area (Å²) in [5, 5.41) is 11.3. The highest BCUT2D eigenvalue weighted by Gasteiger charge is 2.35. The zero-order valence-corrected chi connectivity index (χ0v) is 10.7. The summed E-state index contributed by atoms with van der Waals surface area (Å²) < 4.78 is 0. The molecule has 3 rings (SSSR count). The summed E-state index contributed by atoms with van der Waals surface area (Å²) in [6, 6.07) is 14.8. The van der Waals surface area contributed by atoms with Crippen molar-refractivity contribution >= 4 is 23.0 Å². The van der Waals surface area contributed by atoms with Gasteiger partial charge in [0.25, 0.3) is 5.69 Å². The lowest BCUT2D eigenvalue weighted by Crippen LogP contribution is -1.95. The lowest BCUT2D eigenvalue weighted by Gasteiger charge is -2.05. The van der Waals surface area contributed by atoms with Crippen LogP contribution < -0.4 is 4.90 Å².